The summed E-state index contributed by atoms with van der Waals surface area (Å²) in [5.41, 5.74) is 0.600. The molecule has 3 rings (SSSR count). The van der Waals surface area contributed by atoms with Crippen LogP contribution in [0.2, 0.25) is 0 Å². The number of rotatable bonds is 4. The first kappa shape index (κ1) is 16.4. The number of benzene rings is 2. The third kappa shape index (κ3) is 3.42. The lowest BCUT2D eigenvalue weighted by molar-refractivity contribution is 0.0600. The maximum Gasteiger partial charge on any atom is 0.340 e. The Balaban J connectivity index is 2.16. The monoisotopic (exact) mass is 336 g/mol. The van der Waals surface area contributed by atoms with Crippen LogP contribution in [0.5, 0.6) is 11.5 Å². The molecule has 0 fully saturated rings. The zero-order chi connectivity index (χ0) is 17.8. The SMILES string of the molecule is COC(=O)c1cc(=O)n(C)nc1-c1ccccc1Oc1ccccc1. The maximum atomic E-state index is 12.1. The van der Waals surface area contributed by atoms with Crippen LogP contribution in [-0.4, -0.2) is 22.9 Å². The highest BCUT2D eigenvalue weighted by molar-refractivity contribution is 5.96. The molecule has 0 atom stereocenters. The van der Waals surface area contributed by atoms with Gasteiger partial charge < -0.3 is 9.47 Å². The molecule has 1 heterocycles. The third-order valence-electron chi connectivity index (χ3n) is 3.61. The van der Waals surface area contributed by atoms with Gasteiger partial charge >= 0.3 is 5.97 Å². The summed E-state index contributed by atoms with van der Waals surface area (Å²) in [6.07, 6.45) is 0. The summed E-state index contributed by atoms with van der Waals surface area (Å²) in [7, 11) is 2.78. The molecule has 6 heteroatoms. The second kappa shape index (κ2) is 7.00. The Labute approximate surface area is 144 Å². The number of ether oxygens (including phenoxy) is 2. The van der Waals surface area contributed by atoms with E-state index in [0.717, 1.165) is 0 Å². The van der Waals surface area contributed by atoms with Gasteiger partial charge in [0.15, 0.2) is 0 Å². The zero-order valence-electron chi connectivity index (χ0n) is 13.8. The van der Waals surface area contributed by atoms with Crippen LogP contribution in [-0.2, 0) is 11.8 Å². The summed E-state index contributed by atoms with van der Waals surface area (Å²) in [6, 6.07) is 17.7. The number of para-hydroxylation sites is 2. The van der Waals surface area contributed by atoms with E-state index in [1.807, 2.05) is 36.4 Å². The number of nitrogens with zero attached hydrogens (tertiary/aromatic N) is 2. The normalized spacial score (nSPS) is 10.3. The van der Waals surface area contributed by atoms with E-state index in [9.17, 15) is 9.59 Å². The number of carbonyl (C=O) groups excluding carboxylic acids is 1. The molecule has 0 aliphatic rings. The van der Waals surface area contributed by atoms with E-state index >= 15 is 0 Å². The molecule has 0 spiro atoms. The van der Waals surface area contributed by atoms with E-state index in [0.29, 0.717) is 22.8 Å². The fourth-order valence-electron chi connectivity index (χ4n) is 2.37. The Bertz CT molecular complexity index is 965. The second-order valence-corrected chi connectivity index (χ2v) is 5.27. The summed E-state index contributed by atoms with van der Waals surface area (Å²) in [4.78, 5) is 24.0. The lowest BCUT2D eigenvalue weighted by Gasteiger charge is -2.13. The first-order valence-electron chi connectivity index (χ1n) is 7.59. The van der Waals surface area contributed by atoms with Gasteiger partial charge in [0.1, 0.15) is 17.2 Å². The van der Waals surface area contributed by atoms with E-state index in [4.69, 9.17) is 9.47 Å². The number of esters is 1. The highest BCUT2D eigenvalue weighted by atomic mass is 16.5. The third-order valence-corrected chi connectivity index (χ3v) is 3.61. The van der Waals surface area contributed by atoms with Gasteiger partial charge in [-0.15, -0.1) is 0 Å². The van der Waals surface area contributed by atoms with Crippen LogP contribution in [0.1, 0.15) is 10.4 Å². The van der Waals surface area contributed by atoms with Crippen LogP contribution in [0.4, 0.5) is 0 Å². The molecule has 0 saturated heterocycles. The Morgan fingerprint density at radius 3 is 2.44 bits per heavy atom. The molecule has 0 N–H and O–H groups in total. The van der Waals surface area contributed by atoms with Crippen molar-refractivity contribution in [2.75, 3.05) is 7.11 Å². The minimum atomic E-state index is -0.630. The summed E-state index contributed by atoms with van der Waals surface area (Å²) in [5, 5.41) is 4.24. The first-order chi connectivity index (χ1) is 12.1. The summed E-state index contributed by atoms with van der Waals surface area (Å²) in [6.45, 7) is 0. The van der Waals surface area contributed by atoms with Crippen molar-refractivity contribution >= 4 is 5.97 Å². The van der Waals surface area contributed by atoms with Crippen LogP contribution in [0.3, 0.4) is 0 Å². The van der Waals surface area contributed by atoms with Crippen molar-refractivity contribution < 1.29 is 14.3 Å². The molecule has 0 radical (unpaired) electrons. The maximum absolute atomic E-state index is 12.1. The summed E-state index contributed by atoms with van der Waals surface area (Å²) < 4.78 is 11.9. The number of methoxy groups -OCH3 is 1. The molecular formula is C19H16N2O4. The van der Waals surface area contributed by atoms with Gasteiger partial charge in [0.2, 0.25) is 0 Å². The molecule has 3 aromatic rings. The molecule has 6 nitrogen and oxygen atoms in total. The quantitative estimate of drug-likeness (QED) is 0.685. The average Bonchev–Trinajstić information content (AvgIpc) is 2.64. The van der Waals surface area contributed by atoms with Crippen molar-refractivity contribution in [2.24, 2.45) is 7.05 Å². The summed E-state index contributed by atoms with van der Waals surface area (Å²) >= 11 is 0. The number of hydrogen-bond donors (Lipinski definition) is 0. The molecule has 0 unspecified atom stereocenters. The largest absolute Gasteiger partial charge is 0.465 e. The fraction of sp³-hybridized carbons (Fsp3) is 0.105. The van der Waals surface area contributed by atoms with E-state index in [2.05, 4.69) is 5.10 Å². The van der Waals surface area contributed by atoms with Gasteiger partial charge in [-0.05, 0) is 24.3 Å². The molecular weight excluding hydrogens is 320 g/mol. The average molecular weight is 336 g/mol. The van der Waals surface area contributed by atoms with Crippen LogP contribution in [0, 0.1) is 0 Å². The Kier molecular flexibility index (Phi) is 4.61. The molecule has 0 aliphatic carbocycles. The summed E-state index contributed by atoms with van der Waals surface area (Å²) in [5.74, 6) is 0.541. The van der Waals surface area contributed by atoms with Crippen LogP contribution in [0.25, 0.3) is 11.3 Å². The van der Waals surface area contributed by atoms with Gasteiger partial charge in [-0.2, -0.15) is 5.10 Å². The molecule has 126 valence electrons. The Hall–Kier alpha value is -3.41. The van der Waals surface area contributed by atoms with Crippen LogP contribution < -0.4 is 10.3 Å². The van der Waals surface area contributed by atoms with E-state index in [1.54, 1.807) is 18.2 Å². The minimum Gasteiger partial charge on any atom is -0.465 e. The van der Waals surface area contributed by atoms with Gasteiger partial charge in [-0.1, -0.05) is 30.3 Å². The fourth-order valence-corrected chi connectivity index (χ4v) is 2.37. The van der Waals surface area contributed by atoms with E-state index in [1.165, 1.54) is 24.9 Å². The molecule has 25 heavy (non-hydrogen) atoms. The first-order valence-corrected chi connectivity index (χ1v) is 7.59. The standard InChI is InChI=1S/C19H16N2O4/c1-21-17(22)12-15(19(23)24-2)18(20-21)14-10-6-7-11-16(14)25-13-8-4-3-5-9-13/h3-12H,1-2H3. The van der Waals surface area contributed by atoms with E-state index < -0.39 is 11.5 Å². The van der Waals surface area contributed by atoms with Gasteiger partial charge in [0, 0.05) is 18.7 Å². The molecule has 0 bridgehead atoms. The topological polar surface area (TPSA) is 70.4 Å². The van der Waals surface area contributed by atoms with Crippen LogP contribution in [0.15, 0.2) is 65.5 Å². The number of aromatic nitrogens is 2. The molecule has 1 aromatic heterocycles. The van der Waals surface area contributed by atoms with Crippen molar-refractivity contribution in [3.8, 4) is 22.8 Å². The Morgan fingerprint density at radius 2 is 1.72 bits per heavy atom. The van der Waals surface area contributed by atoms with Crippen LogP contribution >= 0.6 is 0 Å². The smallest absolute Gasteiger partial charge is 0.340 e. The predicted octanol–water partition coefficient (Wildman–Crippen LogP) is 3.03. The zero-order valence-corrected chi connectivity index (χ0v) is 13.8. The van der Waals surface area contributed by atoms with Crippen molar-refractivity contribution in [1.82, 2.24) is 9.78 Å². The van der Waals surface area contributed by atoms with Crippen molar-refractivity contribution in [3.63, 3.8) is 0 Å². The van der Waals surface area contributed by atoms with Gasteiger partial charge in [-0.25, -0.2) is 9.48 Å². The molecule has 0 aliphatic heterocycles. The second-order valence-electron chi connectivity index (χ2n) is 5.27. The van der Waals surface area contributed by atoms with Gasteiger partial charge in [0.25, 0.3) is 5.56 Å². The highest BCUT2D eigenvalue weighted by Crippen LogP contribution is 2.33. The van der Waals surface area contributed by atoms with Crippen molar-refractivity contribution in [3.05, 3.63) is 76.6 Å². The van der Waals surface area contributed by atoms with Crippen molar-refractivity contribution in [2.45, 2.75) is 0 Å². The lowest BCUT2D eigenvalue weighted by atomic mass is 10.1. The highest BCUT2D eigenvalue weighted by Gasteiger charge is 2.20. The molecule has 2 aromatic carbocycles. The predicted molar refractivity (Wildman–Crippen MR) is 92.8 cm³/mol. The van der Waals surface area contributed by atoms with E-state index in [-0.39, 0.29) is 5.56 Å². The number of carbonyl (C=O) groups is 1. The Morgan fingerprint density at radius 1 is 1.04 bits per heavy atom. The van der Waals surface area contributed by atoms with Crippen molar-refractivity contribution in [1.29, 1.82) is 0 Å². The molecule has 0 amide bonds. The number of aryl methyl sites for hydroxylation is 1. The molecule has 0 saturated carbocycles. The van der Waals surface area contributed by atoms with Gasteiger partial charge in [0.05, 0.1) is 12.7 Å². The van der Waals surface area contributed by atoms with Gasteiger partial charge in [-0.3, -0.25) is 4.79 Å². The minimum absolute atomic E-state index is 0.0923. The lowest BCUT2D eigenvalue weighted by Crippen LogP contribution is -2.22. The number of hydrogen-bond acceptors (Lipinski definition) is 5.